The number of amides is 4. The Labute approximate surface area is 371 Å². The summed E-state index contributed by atoms with van der Waals surface area (Å²) in [6.07, 6.45) is 7.29. The first-order chi connectivity index (χ1) is 31.3. The number of hydrogen-bond donors (Lipinski definition) is 3. The van der Waals surface area contributed by atoms with Crippen molar-refractivity contribution in [1.29, 1.82) is 0 Å². The van der Waals surface area contributed by atoms with Crippen molar-refractivity contribution in [1.82, 2.24) is 30.4 Å². The van der Waals surface area contributed by atoms with Crippen LogP contribution in [-0.4, -0.2) is 121 Å². The van der Waals surface area contributed by atoms with Crippen LogP contribution in [-0.2, 0) is 41.6 Å². The molecule has 4 atom stereocenters. The lowest BCUT2D eigenvalue weighted by Crippen LogP contribution is -2.55. The van der Waals surface area contributed by atoms with Crippen molar-refractivity contribution in [2.24, 2.45) is 16.8 Å². The fraction of sp³-hybridized carbons (Fsp3) is 0.500. The molecule has 4 aromatic rings. The Balaban J connectivity index is 0.853. The zero-order chi connectivity index (χ0) is 43.9. The summed E-state index contributed by atoms with van der Waals surface area (Å²) in [6.45, 7) is 3.83. The van der Waals surface area contributed by atoms with Gasteiger partial charge < -0.3 is 49.1 Å². The van der Waals surface area contributed by atoms with E-state index in [4.69, 9.17) is 33.7 Å². The number of nitrogens with zero attached hydrogens (tertiary/aromatic N) is 4. The van der Waals surface area contributed by atoms with E-state index in [0.29, 0.717) is 78.2 Å². The fourth-order valence-corrected chi connectivity index (χ4v) is 10.8. The van der Waals surface area contributed by atoms with Crippen molar-refractivity contribution in [2.45, 2.75) is 88.6 Å². The number of likely N-dealkylation sites (tertiary alicyclic amines) is 2. The normalized spacial score (nSPS) is 21.9. The summed E-state index contributed by atoms with van der Waals surface area (Å²) in [6, 6.07) is 13.1. The molecular weight excluding hydrogens is 819 g/mol. The molecule has 3 aromatic carbocycles. The first kappa shape index (κ1) is 42.0. The van der Waals surface area contributed by atoms with Crippen LogP contribution < -0.4 is 15.4 Å². The molecule has 0 unspecified atom stereocenters. The van der Waals surface area contributed by atoms with Crippen LogP contribution in [0.1, 0.15) is 74.4 Å². The number of H-pyrrole nitrogens is 1. The molecule has 6 aliphatic heterocycles. The van der Waals surface area contributed by atoms with Crippen LogP contribution in [0.15, 0.2) is 53.7 Å². The van der Waals surface area contributed by atoms with Gasteiger partial charge >= 0.3 is 12.2 Å². The molecule has 3 N–H and O–H groups in total. The summed E-state index contributed by atoms with van der Waals surface area (Å²) < 4.78 is 27.4. The molecule has 0 aliphatic carbocycles. The third kappa shape index (κ3) is 7.95. The predicted octanol–water partition coefficient (Wildman–Crippen LogP) is 6.37. The van der Waals surface area contributed by atoms with Crippen LogP contribution in [0.3, 0.4) is 0 Å². The second-order valence-corrected chi connectivity index (χ2v) is 17.8. The molecule has 1 aromatic heterocycles. The third-order valence-electron chi connectivity index (χ3n) is 14.2. The summed E-state index contributed by atoms with van der Waals surface area (Å²) in [7, 11) is 2.63. The quantitative estimate of drug-likeness (QED) is 0.171. The van der Waals surface area contributed by atoms with Crippen molar-refractivity contribution < 1.29 is 42.9 Å². The number of carbonyl (C=O) groups excluding carboxylic acids is 4. The number of methoxy groups -OCH3 is 2. The standard InChI is InChI=1S/C48H55N7O9/c1-60-47(58)52-42(27-11-17-62-18-12-27)45(56)54-15-3-5-39(54)37-23-34-33-24-41-35(22-29(33)8-10-36(34)50-37)32-9-7-30(21-31(32)26-64-41)38-25-49-44(51-38)40-6-4-16-55(40)46(57)43(53-48(59)61-2)28-13-19-63-20-14-28/h7-10,21-22,24-25,27-28,39-40,42-43H,3-6,11-20,23,26H2,1-2H3,(H,49,51)(H,52,58)(H,53,59)/t39-,40-,42-,43-/m0/s1. The summed E-state index contributed by atoms with van der Waals surface area (Å²) >= 11 is 0. The Kier molecular flexibility index (Phi) is 11.7. The lowest BCUT2D eigenvalue weighted by molar-refractivity contribution is -0.137. The van der Waals surface area contributed by atoms with Gasteiger partial charge in [-0.2, -0.15) is 0 Å². The summed E-state index contributed by atoms with van der Waals surface area (Å²) in [5.74, 6) is 1.27. The molecule has 4 amide bonds. The number of carbonyl (C=O) groups is 4. The molecule has 0 saturated carbocycles. The van der Waals surface area contributed by atoms with Gasteiger partial charge in [-0.25, -0.2) is 14.6 Å². The van der Waals surface area contributed by atoms with Crippen molar-refractivity contribution in [3.05, 3.63) is 65.6 Å². The second-order valence-electron chi connectivity index (χ2n) is 17.8. The van der Waals surface area contributed by atoms with Gasteiger partial charge in [0, 0.05) is 57.2 Å². The molecule has 4 saturated heterocycles. The summed E-state index contributed by atoms with van der Waals surface area (Å²) in [4.78, 5) is 70.2. The topological polar surface area (TPSA) is 186 Å². The van der Waals surface area contributed by atoms with Gasteiger partial charge in [-0.3, -0.25) is 14.6 Å². The Bertz CT molecular complexity index is 2490. The monoisotopic (exact) mass is 873 g/mol. The molecule has 336 valence electrons. The van der Waals surface area contributed by atoms with E-state index >= 15 is 0 Å². The van der Waals surface area contributed by atoms with Crippen molar-refractivity contribution in [3.8, 4) is 28.1 Å². The lowest BCUT2D eigenvalue weighted by atomic mass is 9.90. The molecular formula is C48H55N7O9. The molecule has 4 fully saturated rings. The molecule has 64 heavy (non-hydrogen) atoms. The number of aromatic nitrogens is 2. The number of alkyl carbamates (subject to hydrolysis) is 2. The molecule has 6 aliphatic rings. The Morgan fingerprint density at radius 2 is 1.41 bits per heavy atom. The summed E-state index contributed by atoms with van der Waals surface area (Å²) in [5.41, 5.74) is 8.02. The number of fused-ring (bicyclic) bond motifs is 6. The van der Waals surface area contributed by atoms with Crippen molar-refractivity contribution >= 4 is 46.2 Å². The van der Waals surface area contributed by atoms with Gasteiger partial charge in [0.25, 0.3) is 0 Å². The van der Waals surface area contributed by atoms with E-state index in [2.05, 4.69) is 58.1 Å². The zero-order valence-electron chi connectivity index (χ0n) is 36.4. The minimum Gasteiger partial charge on any atom is -0.488 e. The lowest BCUT2D eigenvalue weighted by Gasteiger charge is -2.34. The Morgan fingerprint density at radius 1 is 0.766 bits per heavy atom. The fourth-order valence-electron chi connectivity index (χ4n) is 10.8. The molecule has 10 rings (SSSR count). The Hall–Kier alpha value is -6.00. The number of nitrogens with one attached hydrogen (secondary N) is 3. The predicted molar refractivity (Wildman–Crippen MR) is 236 cm³/mol. The first-order valence-corrected chi connectivity index (χ1v) is 22.7. The number of hydrogen-bond acceptors (Lipinski definition) is 11. The molecule has 7 heterocycles. The van der Waals surface area contributed by atoms with E-state index in [1.807, 2.05) is 16.0 Å². The van der Waals surface area contributed by atoms with Crippen LogP contribution in [0, 0.1) is 11.8 Å². The highest BCUT2D eigenvalue weighted by Gasteiger charge is 2.42. The van der Waals surface area contributed by atoms with Gasteiger partial charge in [0.15, 0.2) is 0 Å². The molecule has 16 heteroatoms. The first-order valence-electron chi connectivity index (χ1n) is 22.7. The number of benzene rings is 3. The van der Waals surface area contributed by atoms with E-state index in [-0.39, 0.29) is 35.7 Å². The minimum atomic E-state index is -0.696. The van der Waals surface area contributed by atoms with Crippen LogP contribution in [0.25, 0.3) is 33.2 Å². The van der Waals surface area contributed by atoms with Crippen molar-refractivity contribution in [2.75, 3.05) is 53.7 Å². The van der Waals surface area contributed by atoms with Crippen LogP contribution in [0.2, 0.25) is 0 Å². The van der Waals surface area contributed by atoms with E-state index in [1.54, 1.807) is 0 Å². The number of aliphatic imine (C=N–C) groups is 1. The molecule has 16 nitrogen and oxygen atoms in total. The zero-order valence-corrected chi connectivity index (χ0v) is 36.4. The summed E-state index contributed by atoms with van der Waals surface area (Å²) in [5, 5.41) is 7.85. The highest BCUT2D eigenvalue weighted by atomic mass is 16.5. The van der Waals surface area contributed by atoms with Gasteiger partial charge in [-0.05, 0) is 120 Å². The number of aromatic amines is 1. The van der Waals surface area contributed by atoms with E-state index in [1.165, 1.54) is 14.2 Å². The van der Waals surface area contributed by atoms with Crippen LogP contribution in [0.4, 0.5) is 15.3 Å². The smallest absolute Gasteiger partial charge is 0.407 e. The molecule has 0 radical (unpaired) electrons. The maximum atomic E-state index is 14.2. The highest BCUT2D eigenvalue weighted by molar-refractivity contribution is 6.06. The van der Waals surface area contributed by atoms with Gasteiger partial charge in [0.1, 0.15) is 30.3 Å². The number of ether oxygens (including phenoxy) is 5. The van der Waals surface area contributed by atoms with E-state index in [9.17, 15) is 19.2 Å². The molecule has 0 spiro atoms. The van der Waals surface area contributed by atoms with Crippen LogP contribution >= 0.6 is 0 Å². The third-order valence-corrected chi connectivity index (χ3v) is 14.2. The molecule has 0 bridgehead atoms. The maximum Gasteiger partial charge on any atom is 0.407 e. The van der Waals surface area contributed by atoms with Gasteiger partial charge in [0.2, 0.25) is 11.8 Å². The van der Waals surface area contributed by atoms with E-state index < -0.39 is 24.3 Å². The van der Waals surface area contributed by atoms with Gasteiger partial charge in [-0.15, -0.1) is 0 Å². The highest BCUT2D eigenvalue weighted by Crippen LogP contribution is 2.45. The maximum absolute atomic E-state index is 14.2. The second kappa shape index (κ2) is 17.9. The average molecular weight is 874 g/mol. The van der Waals surface area contributed by atoms with Crippen LogP contribution in [0.5, 0.6) is 5.75 Å². The van der Waals surface area contributed by atoms with Crippen molar-refractivity contribution in [3.63, 3.8) is 0 Å². The minimum absolute atomic E-state index is 0.0260. The largest absolute Gasteiger partial charge is 0.488 e. The number of imidazole rings is 1. The number of rotatable bonds is 9. The van der Waals surface area contributed by atoms with Gasteiger partial charge in [-0.1, -0.05) is 18.2 Å². The SMILES string of the molecule is COC(=O)N[C@H](C(=O)N1CCC[C@H]1C1=Nc2ccc3cc4c(cc3c2C1)OCc1cc(-c2cnc([C@@H]3CCCN3C(=O)[C@@H](NC(=O)OC)C3CCOCC3)[nH]2)ccc1-4)C1CCOCC1. The van der Waals surface area contributed by atoms with E-state index in [0.717, 1.165) is 92.9 Å². The van der Waals surface area contributed by atoms with Gasteiger partial charge in [0.05, 0.1) is 43.9 Å². The Morgan fingerprint density at radius 3 is 2.06 bits per heavy atom. The average Bonchev–Trinajstić information content (AvgIpc) is 4.19.